The van der Waals surface area contributed by atoms with Crippen molar-refractivity contribution in [1.82, 2.24) is 4.37 Å². The molecule has 0 aliphatic carbocycles. The van der Waals surface area contributed by atoms with Crippen molar-refractivity contribution in [2.24, 2.45) is 0 Å². The van der Waals surface area contributed by atoms with Crippen LogP contribution in [0.15, 0.2) is 23.6 Å². The number of benzene rings is 1. The molecule has 2 aromatic rings. The molecule has 0 spiro atoms. The second-order valence-corrected chi connectivity index (χ2v) is 2.83. The first kappa shape index (κ1) is 6.32. The minimum absolute atomic E-state index is 0.692. The van der Waals surface area contributed by atoms with Gasteiger partial charge in [-0.1, -0.05) is 0 Å². The maximum atomic E-state index is 8.57. The van der Waals surface area contributed by atoms with Crippen LogP contribution in [-0.4, -0.2) is 4.37 Å². The van der Waals surface area contributed by atoms with Crippen molar-refractivity contribution in [3.63, 3.8) is 0 Å². The third-order valence-corrected chi connectivity index (χ3v) is 2.15. The summed E-state index contributed by atoms with van der Waals surface area (Å²) >= 11 is 1.41. The maximum absolute atomic E-state index is 8.57. The summed E-state index contributed by atoms with van der Waals surface area (Å²) in [6.07, 6.45) is 0. The lowest BCUT2D eigenvalue weighted by atomic mass is 10.2. The molecular weight excluding hydrogens is 156 g/mol. The highest BCUT2D eigenvalue weighted by Crippen LogP contribution is 2.15. The van der Waals surface area contributed by atoms with Crippen molar-refractivity contribution in [1.29, 1.82) is 5.26 Å². The fourth-order valence-electron chi connectivity index (χ4n) is 0.942. The molecule has 1 heterocycles. The molecule has 2 nitrogen and oxygen atoms in total. The van der Waals surface area contributed by atoms with Crippen LogP contribution < -0.4 is 0 Å². The minimum atomic E-state index is 0.692. The van der Waals surface area contributed by atoms with Gasteiger partial charge in [0.1, 0.15) is 0 Å². The molecule has 0 unspecified atom stereocenters. The number of fused-ring (bicyclic) bond motifs is 1. The Bertz CT molecular complexity index is 425. The van der Waals surface area contributed by atoms with E-state index in [4.69, 9.17) is 5.26 Å². The highest BCUT2D eigenvalue weighted by molar-refractivity contribution is 7.04. The van der Waals surface area contributed by atoms with Crippen molar-refractivity contribution in [2.45, 2.75) is 0 Å². The summed E-state index contributed by atoms with van der Waals surface area (Å²) in [6.45, 7) is 0. The van der Waals surface area contributed by atoms with E-state index in [0.717, 1.165) is 10.9 Å². The zero-order valence-electron chi connectivity index (χ0n) is 5.61. The molecule has 0 amide bonds. The van der Waals surface area contributed by atoms with Crippen LogP contribution in [0.4, 0.5) is 0 Å². The average Bonchev–Trinajstić information content (AvgIpc) is 2.50. The standard InChI is InChI=1S/C8H4N2S/c9-4-6-1-2-8-7(3-6)5-11-10-8/h1-3,5H. The molecule has 0 atom stereocenters. The molecule has 0 radical (unpaired) electrons. The Labute approximate surface area is 67.9 Å². The van der Waals surface area contributed by atoms with Crippen molar-refractivity contribution in [3.8, 4) is 6.07 Å². The lowest BCUT2D eigenvalue weighted by Crippen LogP contribution is -1.71. The molecule has 1 aromatic heterocycles. The van der Waals surface area contributed by atoms with E-state index in [1.165, 1.54) is 11.5 Å². The quantitative estimate of drug-likeness (QED) is 0.592. The Morgan fingerprint density at radius 3 is 3.18 bits per heavy atom. The van der Waals surface area contributed by atoms with Crippen molar-refractivity contribution in [3.05, 3.63) is 29.1 Å². The van der Waals surface area contributed by atoms with Gasteiger partial charge in [0.25, 0.3) is 0 Å². The van der Waals surface area contributed by atoms with Gasteiger partial charge in [-0.15, -0.1) is 0 Å². The molecule has 0 aliphatic rings. The van der Waals surface area contributed by atoms with E-state index in [0.29, 0.717) is 5.56 Å². The predicted molar refractivity (Wildman–Crippen MR) is 44.3 cm³/mol. The van der Waals surface area contributed by atoms with Gasteiger partial charge >= 0.3 is 0 Å². The van der Waals surface area contributed by atoms with Crippen LogP contribution in [0.3, 0.4) is 0 Å². The van der Waals surface area contributed by atoms with Crippen LogP contribution in [0, 0.1) is 11.3 Å². The van der Waals surface area contributed by atoms with E-state index >= 15 is 0 Å². The van der Waals surface area contributed by atoms with Gasteiger partial charge in [-0.05, 0) is 29.7 Å². The average molecular weight is 160 g/mol. The summed E-state index contributed by atoms with van der Waals surface area (Å²) in [5.41, 5.74) is 1.66. The third-order valence-electron chi connectivity index (χ3n) is 1.49. The molecule has 11 heavy (non-hydrogen) atoms. The van der Waals surface area contributed by atoms with Crippen molar-refractivity contribution < 1.29 is 0 Å². The van der Waals surface area contributed by atoms with Crippen LogP contribution in [0.1, 0.15) is 5.56 Å². The fourth-order valence-corrected chi connectivity index (χ4v) is 1.58. The normalized spacial score (nSPS) is 9.73. The van der Waals surface area contributed by atoms with Crippen LogP contribution in [0.5, 0.6) is 0 Å². The fraction of sp³-hybridized carbons (Fsp3) is 0. The minimum Gasteiger partial charge on any atom is -0.193 e. The molecule has 3 heteroatoms. The molecule has 0 saturated carbocycles. The number of aromatic nitrogens is 1. The van der Waals surface area contributed by atoms with Gasteiger partial charge in [-0.25, -0.2) is 0 Å². The first-order chi connectivity index (χ1) is 5.40. The molecule has 0 bridgehead atoms. The lowest BCUT2D eigenvalue weighted by molar-refractivity contribution is 1.49. The number of hydrogen-bond donors (Lipinski definition) is 0. The second-order valence-electron chi connectivity index (χ2n) is 2.20. The van der Waals surface area contributed by atoms with Gasteiger partial charge in [0.2, 0.25) is 0 Å². The maximum Gasteiger partial charge on any atom is 0.0991 e. The molecule has 1 aromatic carbocycles. The summed E-state index contributed by atoms with van der Waals surface area (Å²) in [6, 6.07) is 7.58. The van der Waals surface area contributed by atoms with Crippen LogP contribution in [-0.2, 0) is 0 Å². The Morgan fingerprint density at radius 1 is 1.45 bits per heavy atom. The Hall–Kier alpha value is -1.40. The molecule has 52 valence electrons. The van der Waals surface area contributed by atoms with Gasteiger partial charge in [-0.2, -0.15) is 9.64 Å². The lowest BCUT2D eigenvalue weighted by Gasteiger charge is -1.86. The van der Waals surface area contributed by atoms with Gasteiger partial charge in [0.05, 0.1) is 17.1 Å². The summed E-state index contributed by atoms with van der Waals surface area (Å²) in [5, 5.41) is 11.6. The molecule has 0 fully saturated rings. The Morgan fingerprint density at radius 2 is 2.36 bits per heavy atom. The number of nitriles is 1. The number of nitrogens with zero attached hydrogens (tertiary/aromatic N) is 2. The molecular formula is C8H4N2S. The van der Waals surface area contributed by atoms with E-state index in [9.17, 15) is 0 Å². The van der Waals surface area contributed by atoms with E-state index in [-0.39, 0.29) is 0 Å². The van der Waals surface area contributed by atoms with Gasteiger partial charge in [0.15, 0.2) is 0 Å². The molecule has 0 aliphatic heterocycles. The smallest absolute Gasteiger partial charge is 0.0991 e. The Kier molecular flexibility index (Phi) is 1.34. The largest absolute Gasteiger partial charge is 0.193 e. The van der Waals surface area contributed by atoms with Gasteiger partial charge < -0.3 is 0 Å². The number of rotatable bonds is 0. The first-order valence-electron chi connectivity index (χ1n) is 3.14. The zero-order valence-corrected chi connectivity index (χ0v) is 6.43. The van der Waals surface area contributed by atoms with Crippen LogP contribution in [0.2, 0.25) is 0 Å². The monoisotopic (exact) mass is 160 g/mol. The SMILES string of the molecule is N#Cc1ccc2nscc2c1. The van der Waals surface area contributed by atoms with Crippen molar-refractivity contribution in [2.75, 3.05) is 0 Å². The summed E-state index contributed by atoms with van der Waals surface area (Å²) < 4.78 is 4.13. The van der Waals surface area contributed by atoms with E-state index in [1.807, 2.05) is 17.5 Å². The molecule has 0 saturated heterocycles. The van der Waals surface area contributed by atoms with Gasteiger partial charge in [-0.3, -0.25) is 0 Å². The van der Waals surface area contributed by atoms with Crippen molar-refractivity contribution >= 4 is 22.4 Å². The van der Waals surface area contributed by atoms with E-state index in [2.05, 4.69) is 10.4 Å². The Balaban J connectivity index is 2.79. The molecule has 2 rings (SSSR count). The predicted octanol–water partition coefficient (Wildman–Crippen LogP) is 2.17. The van der Waals surface area contributed by atoms with E-state index < -0.39 is 0 Å². The topological polar surface area (TPSA) is 36.7 Å². The summed E-state index contributed by atoms with van der Waals surface area (Å²) in [5.74, 6) is 0. The van der Waals surface area contributed by atoms with Crippen LogP contribution >= 0.6 is 11.5 Å². The van der Waals surface area contributed by atoms with Gasteiger partial charge in [0, 0.05) is 10.8 Å². The summed E-state index contributed by atoms with van der Waals surface area (Å²) in [7, 11) is 0. The number of hydrogen-bond acceptors (Lipinski definition) is 3. The van der Waals surface area contributed by atoms with Crippen LogP contribution in [0.25, 0.3) is 10.9 Å². The summed E-state index contributed by atoms with van der Waals surface area (Å²) in [4.78, 5) is 0. The highest BCUT2D eigenvalue weighted by atomic mass is 32.1. The first-order valence-corrected chi connectivity index (χ1v) is 3.98. The highest BCUT2D eigenvalue weighted by Gasteiger charge is 1.96. The molecule has 0 N–H and O–H groups in total. The van der Waals surface area contributed by atoms with E-state index in [1.54, 1.807) is 6.07 Å². The second kappa shape index (κ2) is 2.33. The third kappa shape index (κ3) is 0.975. The zero-order chi connectivity index (χ0) is 7.68.